The second-order valence-electron chi connectivity index (χ2n) is 4.10. The summed E-state index contributed by atoms with van der Waals surface area (Å²) in [5.41, 5.74) is 0. The molecular formula is C13H15Cl2NO5. The molecule has 1 amide bonds. The maximum atomic E-state index is 11.6. The monoisotopic (exact) mass is 335 g/mol. The van der Waals surface area contributed by atoms with Crippen molar-refractivity contribution in [1.29, 1.82) is 0 Å². The van der Waals surface area contributed by atoms with Crippen molar-refractivity contribution in [2.45, 2.75) is 12.5 Å². The summed E-state index contributed by atoms with van der Waals surface area (Å²) in [6.07, 6.45) is 0.171. The molecule has 0 saturated carbocycles. The first-order valence-corrected chi connectivity index (χ1v) is 6.78. The molecule has 21 heavy (non-hydrogen) atoms. The van der Waals surface area contributed by atoms with Crippen LogP contribution in [0.5, 0.6) is 5.75 Å². The molecule has 8 heteroatoms. The van der Waals surface area contributed by atoms with Crippen molar-refractivity contribution in [3.8, 4) is 5.75 Å². The minimum atomic E-state index is -1.13. The summed E-state index contributed by atoms with van der Waals surface area (Å²) in [5, 5.41) is 12.0. The molecule has 0 aliphatic heterocycles. The van der Waals surface area contributed by atoms with Gasteiger partial charge in [-0.2, -0.15) is 0 Å². The first-order chi connectivity index (χ1) is 9.93. The number of rotatable bonds is 8. The van der Waals surface area contributed by atoms with Crippen molar-refractivity contribution in [2.24, 2.45) is 0 Å². The zero-order valence-electron chi connectivity index (χ0n) is 11.3. The Morgan fingerprint density at radius 1 is 1.33 bits per heavy atom. The van der Waals surface area contributed by atoms with Crippen molar-refractivity contribution < 1.29 is 24.2 Å². The topological polar surface area (TPSA) is 84.9 Å². The van der Waals surface area contributed by atoms with Crippen molar-refractivity contribution >= 4 is 35.1 Å². The highest BCUT2D eigenvalue weighted by molar-refractivity contribution is 6.42. The van der Waals surface area contributed by atoms with E-state index in [4.69, 9.17) is 37.8 Å². The number of hydrogen-bond donors (Lipinski definition) is 2. The number of halogens is 2. The second-order valence-corrected chi connectivity index (χ2v) is 4.92. The lowest BCUT2D eigenvalue weighted by Crippen LogP contribution is -2.43. The Morgan fingerprint density at radius 3 is 2.62 bits per heavy atom. The highest BCUT2D eigenvalue weighted by Crippen LogP contribution is 2.26. The molecule has 1 rings (SSSR count). The van der Waals surface area contributed by atoms with Gasteiger partial charge >= 0.3 is 5.97 Å². The van der Waals surface area contributed by atoms with Crippen molar-refractivity contribution in [3.63, 3.8) is 0 Å². The summed E-state index contributed by atoms with van der Waals surface area (Å²) in [6.45, 7) is -0.0976. The highest BCUT2D eigenvalue weighted by Gasteiger charge is 2.19. The fourth-order valence-corrected chi connectivity index (χ4v) is 1.73. The SMILES string of the molecule is COCCC(NC(=O)COc1ccc(Cl)c(Cl)c1)C(=O)O. The molecule has 0 aliphatic carbocycles. The average molecular weight is 336 g/mol. The normalized spacial score (nSPS) is 11.8. The fraction of sp³-hybridized carbons (Fsp3) is 0.385. The molecule has 1 aromatic rings. The third-order valence-corrected chi connectivity index (χ3v) is 3.24. The largest absolute Gasteiger partial charge is 0.484 e. The van der Waals surface area contributed by atoms with Gasteiger partial charge in [0.25, 0.3) is 5.91 Å². The molecule has 6 nitrogen and oxygen atoms in total. The summed E-state index contributed by atoms with van der Waals surface area (Å²) in [5.74, 6) is -1.32. The lowest BCUT2D eigenvalue weighted by atomic mass is 10.2. The summed E-state index contributed by atoms with van der Waals surface area (Å²) < 4.78 is 9.99. The van der Waals surface area contributed by atoms with E-state index in [9.17, 15) is 9.59 Å². The number of benzene rings is 1. The third-order valence-electron chi connectivity index (χ3n) is 2.50. The van der Waals surface area contributed by atoms with E-state index in [1.807, 2.05) is 0 Å². The Bertz CT molecular complexity index is 509. The number of carbonyl (C=O) groups excluding carboxylic acids is 1. The van der Waals surface area contributed by atoms with Gasteiger partial charge in [0.15, 0.2) is 6.61 Å². The van der Waals surface area contributed by atoms with Crippen LogP contribution in [0.25, 0.3) is 0 Å². The van der Waals surface area contributed by atoms with Crippen molar-refractivity contribution in [1.82, 2.24) is 5.32 Å². The van der Waals surface area contributed by atoms with E-state index >= 15 is 0 Å². The van der Waals surface area contributed by atoms with Crippen LogP contribution in [-0.2, 0) is 14.3 Å². The van der Waals surface area contributed by atoms with Gasteiger partial charge in [-0.15, -0.1) is 0 Å². The Balaban J connectivity index is 2.48. The number of methoxy groups -OCH3 is 1. The van der Waals surface area contributed by atoms with Crippen molar-refractivity contribution in [2.75, 3.05) is 20.3 Å². The van der Waals surface area contributed by atoms with Gasteiger partial charge in [-0.25, -0.2) is 4.79 Å². The van der Waals surface area contributed by atoms with Gasteiger partial charge in [0.2, 0.25) is 0 Å². The van der Waals surface area contributed by atoms with Crippen LogP contribution in [-0.4, -0.2) is 43.3 Å². The number of carboxylic acid groups (broad SMARTS) is 1. The molecule has 116 valence electrons. The molecular weight excluding hydrogens is 321 g/mol. The smallest absolute Gasteiger partial charge is 0.326 e. The number of amides is 1. The lowest BCUT2D eigenvalue weighted by molar-refractivity contribution is -0.142. The zero-order chi connectivity index (χ0) is 15.8. The molecule has 0 fully saturated rings. The maximum Gasteiger partial charge on any atom is 0.326 e. The number of ether oxygens (including phenoxy) is 2. The Hall–Kier alpha value is -1.50. The predicted octanol–water partition coefficient (Wildman–Crippen LogP) is 1.98. The highest BCUT2D eigenvalue weighted by atomic mass is 35.5. The van der Waals surface area contributed by atoms with E-state index < -0.39 is 17.9 Å². The van der Waals surface area contributed by atoms with Crippen LogP contribution < -0.4 is 10.1 Å². The number of nitrogens with one attached hydrogen (secondary N) is 1. The van der Waals surface area contributed by atoms with E-state index in [-0.39, 0.29) is 19.6 Å². The lowest BCUT2D eigenvalue weighted by Gasteiger charge is -2.14. The molecule has 1 unspecified atom stereocenters. The fourth-order valence-electron chi connectivity index (χ4n) is 1.44. The van der Waals surface area contributed by atoms with Crippen molar-refractivity contribution in [3.05, 3.63) is 28.2 Å². The van der Waals surface area contributed by atoms with Crippen LogP contribution in [0.2, 0.25) is 10.0 Å². The van der Waals surface area contributed by atoms with Gasteiger partial charge in [-0.1, -0.05) is 23.2 Å². The van der Waals surface area contributed by atoms with Crippen LogP contribution in [0.1, 0.15) is 6.42 Å². The Kier molecular flexibility index (Phi) is 7.28. The molecule has 2 N–H and O–H groups in total. The Morgan fingerprint density at radius 2 is 2.05 bits per heavy atom. The van der Waals surface area contributed by atoms with E-state index in [2.05, 4.69) is 5.32 Å². The average Bonchev–Trinajstić information content (AvgIpc) is 2.44. The first kappa shape index (κ1) is 17.6. The van der Waals surface area contributed by atoms with Gasteiger partial charge in [0, 0.05) is 26.2 Å². The minimum absolute atomic E-state index is 0.171. The molecule has 0 aliphatic rings. The number of aliphatic carboxylic acids is 1. The molecule has 0 bridgehead atoms. The van der Waals surface area contributed by atoms with E-state index in [1.165, 1.54) is 19.2 Å². The molecule has 1 aromatic carbocycles. The van der Waals surface area contributed by atoms with Crippen LogP contribution >= 0.6 is 23.2 Å². The zero-order valence-corrected chi connectivity index (χ0v) is 12.8. The molecule has 0 aromatic heterocycles. The van der Waals surface area contributed by atoms with Crippen LogP contribution in [0.15, 0.2) is 18.2 Å². The summed E-state index contributed by atoms with van der Waals surface area (Å²) >= 11 is 11.6. The van der Waals surface area contributed by atoms with Gasteiger partial charge in [-0.05, 0) is 12.1 Å². The van der Waals surface area contributed by atoms with E-state index in [0.717, 1.165) is 0 Å². The first-order valence-electron chi connectivity index (χ1n) is 6.03. The van der Waals surface area contributed by atoms with E-state index in [0.29, 0.717) is 15.8 Å². The number of hydrogen-bond acceptors (Lipinski definition) is 4. The van der Waals surface area contributed by atoms with Gasteiger partial charge in [-0.3, -0.25) is 4.79 Å². The van der Waals surface area contributed by atoms with Crippen LogP contribution in [0.4, 0.5) is 0 Å². The maximum absolute atomic E-state index is 11.6. The molecule has 0 saturated heterocycles. The summed E-state index contributed by atoms with van der Waals surface area (Å²) in [7, 11) is 1.45. The summed E-state index contributed by atoms with van der Waals surface area (Å²) in [4.78, 5) is 22.6. The molecule has 0 spiro atoms. The quantitative estimate of drug-likeness (QED) is 0.758. The van der Waals surface area contributed by atoms with Crippen LogP contribution in [0.3, 0.4) is 0 Å². The number of carbonyl (C=O) groups is 2. The second kappa shape index (κ2) is 8.71. The molecule has 0 radical (unpaired) electrons. The van der Waals surface area contributed by atoms with Gasteiger partial charge < -0.3 is 19.9 Å². The van der Waals surface area contributed by atoms with E-state index in [1.54, 1.807) is 6.07 Å². The van der Waals surface area contributed by atoms with Gasteiger partial charge in [0.1, 0.15) is 11.8 Å². The molecule has 1 atom stereocenters. The summed E-state index contributed by atoms with van der Waals surface area (Å²) in [6, 6.07) is 3.54. The van der Waals surface area contributed by atoms with Gasteiger partial charge in [0.05, 0.1) is 10.0 Å². The molecule has 0 heterocycles. The minimum Gasteiger partial charge on any atom is -0.484 e. The van der Waals surface area contributed by atoms with Crippen LogP contribution in [0, 0.1) is 0 Å². The standard InChI is InChI=1S/C13H15Cl2NO5/c1-20-5-4-11(13(18)19)16-12(17)7-21-8-2-3-9(14)10(15)6-8/h2-3,6,11H,4-5,7H2,1H3,(H,16,17)(H,18,19). The third kappa shape index (κ3) is 6.20. The number of carboxylic acids is 1. The Labute approximate surface area is 131 Å². The predicted molar refractivity (Wildman–Crippen MR) is 78.0 cm³/mol.